The first-order valence-corrected chi connectivity index (χ1v) is 7.46. The molecule has 0 aliphatic carbocycles. The molecule has 0 fully saturated rings. The van der Waals surface area contributed by atoms with Crippen molar-refractivity contribution < 1.29 is 9.13 Å². The Kier molecular flexibility index (Phi) is 4.72. The first kappa shape index (κ1) is 15.9. The number of anilines is 1. The van der Waals surface area contributed by atoms with Crippen LogP contribution in [0.2, 0.25) is 0 Å². The fourth-order valence-electron chi connectivity index (χ4n) is 2.24. The van der Waals surface area contributed by atoms with E-state index in [1.54, 1.807) is 19.2 Å². The van der Waals surface area contributed by atoms with E-state index in [-0.39, 0.29) is 5.82 Å². The molecule has 0 aliphatic rings. The molecule has 0 spiro atoms. The van der Waals surface area contributed by atoms with Gasteiger partial charge in [0.15, 0.2) is 5.82 Å². The molecule has 3 aromatic rings. The molecule has 0 saturated heterocycles. The summed E-state index contributed by atoms with van der Waals surface area (Å²) in [7, 11) is 1.63. The molecular formula is C17H18FN5O. The maximum atomic E-state index is 13.0. The average Bonchev–Trinajstić information content (AvgIpc) is 3.09. The number of methoxy groups -OCH3 is 1. The van der Waals surface area contributed by atoms with Crippen molar-refractivity contribution >= 4 is 5.69 Å². The van der Waals surface area contributed by atoms with Crippen LogP contribution in [0.3, 0.4) is 0 Å². The third-order valence-corrected chi connectivity index (χ3v) is 3.61. The second-order valence-electron chi connectivity index (χ2n) is 5.25. The lowest BCUT2D eigenvalue weighted by Gasteiger charge is -2.07. The van der Waals surface area contributed by atoms with Crippen LogP contribution in [0.4, 0.5) is 10.1 Å². The van der Waals surface area contributed by atoms with Gasteiger partial charge in [0.25, 0.3) is 0 Å². The molecule has 1 atom stereocenters. The predicted molar refractivity (Wildman–Crippen MR) is 89.1 cm³/mol. The number of nitrogens with zero attached hydrogens (tertiary/aromatic N) is 2. The summed E-state index contributed by atoms with van der Waals surface area (Å²) in [5, 5.41) is 10.2. The van der Waals surface area contributed by atoms with E-state index in [2.05, 4.69) is 20.5 Å². The van der Waals surface area contributed by atoms with Gasteiger partial charge < -0.3 is 15.8 Å². The Morgan fingerprint density at radius 1 is 1.17 bits per heavy atom. The molecule has 0 saturated carbocycles. The van der Waals surface area contributed by atoms with Crippen molar-refractivity contribution in [1.82, 2.24) is 15.2 Å². The van der Waals surface area contributed by atoms with Crippen molar-refractivity contribution in [3.63, 3.8) is 0 Å². The van der Waals surface area contributed by atoms with Gasteiger partial charge in [-0.15, -0.1) is 0 Å². The van der Waals surface area contributed by atoms with E-state index >= 15 is 0 Å². The zero-order valence-electron chi connectivity index (χ0n) is 13.2. The predicted octanol–water partition coefficient (Wildman–Crippen LogP) is 2.61. The van der Waals surface area contributed by atoms with Crippen molar-refractivity contribution in [1.29, 1.82) is 0 Å². The number of aromatic amines is 1. The van der Waals surface area contributed by atoms with Gasteiger partial charge in [-0.1, -0.05) is 12.1 Å². The third-order valence-electron chi connectivity index (χ3n) is 3.61. The minimum absolute atomic E-state index is 0.301. The van der Waals surface area contributed by atoms with Gasteiger partial charge in [0.2, 0.25) is 0 Å². The molecule has 3 rings (SSSR count). The number of hydrogen-bond donors (Lipinski definition) is 3. The molecule has 6 nitrogen and oxygen atoms in total. The lowest BCUT2D eigenvalue weighted by Crippen LogP contribution is -2.13. The van der Waals surface area contributed by atoms with Crippen molar-refractivity contribution in [2.75, 3.05) is 12.4 Å². The van der Waals surface area contributed by atoms with Crippen molar-refractivity contribution in [2.24, 2.45) is 5.73 Å². The largest absolute Gasteiger partial charge is 0.497 e. The van der Waals surface area contributed by atoms with Gasteiger partial charge in [-0.3, -0.25) is 5.10 Å². The van der Waals surface area contributed by atoms with Crippen LogP contribution in [-0.2, 0) is 6.54 Å². The lowest BCUT2D eigenvalue weighted by atomic mass is 10.1. The van der Waals surface area contributed by atoms with Crippen LogP contribution in [-0.4, -0.2) is 22.3 Å². The van der Waals surface area contributed by atoms with Gasteiger partial charge in [0.1, 0.15) is 17.4 Å². The first-order valence-electron chi connectivity index (χ1n) is 7.46. The van der Waals surface area contributed by atoms with Gasteiger partial charge >= 0.3 is 0 Å². The fourth-order valence-corrected chi connectivity index (χ4v) is 2.24. The molecule has 124 valence electrons. The molecule has 0 aliphatic heterocycles. The lowest BCUT2D eigenvalue weighted by molar-refractivity contribution is 0.415. The zero-order chi connectivity index (χ0) is 16.9. The van der Waals surface area contributed by atoms with Crippen molar-refractivity contribution in [2.45, 2.75) is 12.6 Å². The maximum absolute atomic E-state index is 13.0. The molecule has 0 radical (unpaired) electrons. The molecule has 1 aromatic heterocycles. The zero-order valence-corrected chi connectivity index (χ0v) is 13.2. The normalized spacial score (nSPS) is 12.0. The first-order chi connectivity index (χ1) is 11.7. The van der Waals surface area contributed by atoms with E-state index in [1.165, 1.54) is 12.1 Å². The van der Waals surface area contributed by atoms with Crippen LogP contribution in [0, 0.1) is 5.82 Å². The Morgan fingerprint density at radius 3 is 2.54 bits per heavy atom. The fraction of sp³-hybridized carbons (Fsp3) is 0.176. The smallest absolute Gasteiger partial charge is 0.171 e. The summed E-state index contributed by atoms with van der Waals surface area (Å²) in [6, 6.07) is 13.1. The molecule has 24 heavy (non-hydrogen) atoms. The van der Waals surface area contributed by atoms with Gasteiger partial charge in [-0.25, -0.2) is 9.37 Å². The quantitative estimate of drug-likeness (QED) is 0.647. The van der Waals surface area contributed by atoms with Gasteiger partial charge in [-0.2, -0.15) is 5.10 Å². The van der Waals surface area contributed by atoms with E-state index < -0.39 is 6.04 Å². The van der Waals surface area contributed by atoms with Gasteiger partial charge in [-0.05, 0) is 42.0 Å². The molecule has 1 heterocycles. The maximum Gasteiger partial charge on any atom is 0.171 e. The molecule has 4 N–H and O–H groups in total. The Balaban J connectivity index is 1.63. The number of nitrogens with two attached hydrogens (primary N) is 1. The molecule has 0 bridgehead atoms. The number of hydrogen-bond acceptors (Lipinski definition) is 5. The number of H-pyrrole nitrogens is 1. The number of rotatable bonds is 6. The van der Waals surface area contributed by atoms with Crippen LogP contribution in [0.1, 0.15) is 23.3 Å². The Hall–Kier alpha value is -2.93. The number of halogens is 1. The number of benzene rings is 2. The minimum Gasteiger partial charge on any atom is -0.497 e. The average molecular weight is 327 g/mol. The molecule has 1 unspecified atom stereocenters. The second-order valence-corrected chi connectivity index (χ2v) is 5.25. The highest BCUT2D eigenvalue weighted by Gasteiger charge is 2.14. The standard InChI is InChI=1S/C17H18FN5O/c1-24-14-8-6-13(7-9-14)20-10-15-21-17(23-22-15)16(19)11-2-4-12(18)5-3-11/h2-9,16,20H,10,19H2,1H3,(H,21,22,23). The summed E-state index contributed by atoms with van der Waals surface area (Å²) in [6.07, 6.45) is 0. The van der Waals surface area contributed by atoms with E-state index in [0.29, 0.717) is 18.2 Å². The second kappa shape index (κ2) is 7.10. The molecular weight excluding hydrogens is 309 g/mol. The Bertz CT molecular complexity index is 786. The van der Waals surface area contributed by atoms with Crippen LogP contribution in [0.15, 0.2) is 48.5 Å². The number of ether oxygens (including phenoxy) is 1. The van der Waals surface area contributed by atoms with Gasteiger partial charge in [0, 0.05) is 5.69 Å². The van der Waals surface area contributed by atoms with Crippen LogP contribution in [0.25, 0.3) is 0 Å². The van der Waals surface area contributed by atoms with Crippen molar-refractivity contribution in [3.05, 3.63) is 71.6 Å². The summed E-state index contributed by atoms with van der Waals surface area (Å²) in [5.74, 6) is 1.63. The highest BCUT2D eigenvalue weighted by Crippen LogP contribution is 2.18. The molecule has 0 amide bonds. The number of aromatic nitrogens is 3. The SMILES string of the molecule is COc1ccc(NCc2nc(C(N)c3ccc(F)cc3)n[nH]2)cc1. The van der Waals surface area contributed by atoms with Crippen molar-refractivity contribution in [3.8, 4) is 5.75 Å². The monoisotopic (exact) mass is 327 g/mol. The third kappa shape index (κ3) is 3.69. The molecule has 7 heteroatoms. The summed E-state index contributed by atoms with van der Waals surface area (Å²) in [6.45, 7) is 0.482. The van der Waals surface area contributed by atoms with E-state index in [1.807, 2.05) is 24.3 Å². The van der Waals surface area contributed by atoms with Crippen LogP contribution >= 0.6 is 0 Å². The summed E-state index contributed by atoms with van der Waals surface area (Å²) < 4.78 is 18.1. The number of nitrogens with one attached hydrogen (secondary N) is 2. The van der Waals surface area contributed by atoms with E-state index in [9.17, 15) is 4.39 Å². The van der Waals surface area contributed by atoms with Gasteiger partial charge in [0.05, 0.1) is 19.7 Å². The Morgan fingerprint density at radius 2 is 1.88 bits per heavy atom. The molecule has 2 aromatic carbocycles. The topological polar surface area (TPSA) is 88.8 Å². The van der Waals surface area contributed by atoms with E-state index in [0.717, 1.165) is 17.0 Å². The summed E-state index contributed by atoms with van der Waals surface area (Å²) in [5.41, 5.74) is 7.81. The van der Waals surface area contributed by atoms with E-state index in [4.69, 9.17) is 10.5 Å². The van der Waals surface area contributed by atoms with Crippen LogP contribution in [0.5, 0.6) is 5.75 Å². The highest BCUT2D eigenvalue weighted by atomic mass is 19.1. The highest BCUT2D eigenvalue weighted by molar-refractivity contribution is 5.46. The summed E-state index contributed by atoms with van der Waals surface area (Å²) >= 11 is 0. The Labute approximate surface area is 138 Å². The minimum atomic E-state index is -0.503. The summed E-state index contributed by atoms with van der Waals surface area (Å²) in [4.78, 5) is 4.39. The van der Waals surface area contributed by atoms with Crippen LogP contribution < -0.4 is 15.8 Å².